The lowest BCUT2D eigenvalue weighted by Crippen LogP contribution is -2.07. The lowest BCUT2D eigenvalue weighted by molar-refractivity contribution is 0.615. The van der Waals surface area contributed by atoms with Crippen LogP contribution in [0.2, 0.25) is 0 Å². The second-order valence-electron chi connectivity index (χ2n) is 4.44. The maximum atomic E-state index is 12.4. The van der Waals surface area contributed by atoms with E-state index in [0.29, 0.717) is 20.3 Å². The van der Waals surface area contributed by atoms with Crippen LogP contribution in [0.15, 0.2) is 57.7 Å². The van der Waals surface area contributed by atoms with E-state index >= 15 is 0 Å². The minimum Gasteiger partial charge on any atom is -0.455 e. The SMILES string of the molecule is Cc1ccc2oc(-c3ccccc3)c(I)c(=O)c2c1. The van der Waals surface area contributed by atoms with Gasteiger partial charge in [0.2, 0.25) is 5.43 Å². The molecule has 0 bridgehead atoms. The van der Waals surface area contributed by atoms with Crippen molar-refractivity contribution in [2.75, 3.05) is 0 Å². The molecule has 0 saturated heterocycles. The maximum Gasteiger partial charge on any atom is 0.206 e. The Hall–Kier alpha value is -1.62. The molecule has 0 aliphatic heterocycles. The van der Waals surface area contributed by atoms with Crippen LogP contribution in [0.25, 0.3) is 22.3 Å². The molecule has 1 aromatic heterocycles. The zero-order valence-corrected chi connectivity index (χ0v) is 12.5. The number of rotatable bonds is 1. The van der Waals surface area contributed by atoms with Crippen LogP contribution in [0.5, 0.6) is 0 Å². The molecule has 0 aliphatic carbocycles. The molecule has 0 atom stereocenters. The normalized spacial score (nSPS) is 10.8. The first-order valence-corrected chi connectivity index (χ1v) is 7.03. The maximum absolute atomic E-state index is 12.4. The average molecular weight is 362 g/mol. The van der Waals surface area contributed by atoms with Gasteiger partial charge in [0.15, 0.2) is 5.76 Å². The molecule has 0 aliphatic rings. The van der Waals surface area contributed by atoms with Crippen molar-refractivity contribution < 1.29 is 4.42 Å². The minimum atomic E-state index is 0.0319. The Kier molecular flexibility index (Phi) is 3.14. The molecular formula is C16H11IO2. The first kappa shape index (κ1) is 12.4. The molecule has 0 fully saturated rings. The van der Waals surface area contributed by atoms with Crippen LogP contribution in [0.4, 0.5) is 0 Å². The van der Waals surface area contributed by atoms with Crippen LogP contribution in [0.1, 0.15) is 5.56 Å². The molecule has 3 aromatic rings. The van der Waals surface area contributed by atoms with Gasteiger partial charge in [0, 0.05) is 5.56 Å². The molecule has 0 N–H and O–H groups in total. The predicted molar refractivity (Wildman–Crippen MR) is 85.4 cm³/mol. The van der Waals surface area contributed by atoms with Crippen LogP contribution in [-0.4, -0.2) is 0 Å². The van der Waals surface area contributed by atoms with Crippen LogP contribution in [0.3, 0.4) is 0 Å². The molecule has 19 heavy (non-hydrogen) atoms. The molecule has 0 radical (unpaired) electrons. The van der Waals surface area contributed by atoms with Gasteiger partial charge in [-0.2, -0.15) is 0 Å². The van der Waals surface area contributed by atoms with Crippen molar-refractivity contribution >= 4 is 33.6 Å². The first-order chi connectivity index (χ1) is 9.16. The van der Waals surface area contributed by atoms with Crippen LogP contribution < -0.4 is 5.43 Å². The van der Waals surface area contributed by atoms with Crippen LogP contribution in [-0.2, 0) is 0 Å². The van der Waals surface area contributed by atoms with Gasteiger partial charge in [0.1, 0.15) is 9.15 Å². The molecule has 3 heteroatoms. The van der Waals surface area contributed by atoms with Crippen molar-refractivity contribution in [2.45, 2.75) is 6.92 Å². The quantitative estimate of drug-likeness (QED) is 0.602. The zero-order valence-electron chi connectivity index (χ0n) is 10.3. The lowest BCUT2D eigenvalue weighted by atomic mass is 10.1. The summed E-state index contributed by atoms with van der Waals surface area (Å²) in [6.07, 6.45) is 0. The Balaban J connectivity index is 2.37. The van der Waals surface area contributed by atoms with Gasteiger partial charge in [0.25, 0.3) is 0 Å². The monoisotopic (exact) mass is 362 g/mol. The number of hydrogen-bond acceptors (Lipinski definition) is 2. The van der Waals surface area contributed by atoms with Gasteiger partial charge in [-0.05, 0) is 41.6 Å². The minimum absolute atomic E-state index is 0.0319. The molecule has 0 spiro atoms. The number of halogens is 1. The fourth-order valence-corrected chi connectivity index (χ4v) is 2.77. The van der Waals surface area contributed by atoms with E-state index in [2.05, 4.69) is 22.6 Å². The summed E-state index contributed by atoms with van der Waals surface area (Å²) in [5.74, 6) is 0.641. The molecule has 3 rings (SSSR count). The highest BCUT2D eigenvalue weighted by atomic mass is 127. The summed E-state index contributed by atoms with van der Waals surface area (Å²) in [5.41, 5.74) is 2.65. The van der Waals surface area contributed by atoms with Crippen LogP contribution >= 0.6 is 22.6 Å². The zero-order chi connectivity index (χ0) is 13.4. The van der Waals surface area contributed by atoms with Gasteiger partial charge in [-0.25, -0.2) is 0 Å². The van der Waals surface area contributed by atoms with Gasteiger partial charge in [-0.3, -0.25) is 4.79 Å². The van der Waals surface area contributed by atoms with E-state index in [9.17, 15) is 4.79 Å². The van der Waals surface area contributed by atoms with E-state index in [1.54, 1.807) is 0 Å². The van der Waals surface area contributed by atoms with Crippen molar-refractivity contribution in [1.82, 2.24) is 0 Å². The Morgan fingerprint density at radius 3 is 2.53 bits per heavy atom. The fourth-order valence-electron chi connectivity index (χ4n) is 2.06. The highest BCUT2D eigenvalue weighted by Crippen LogP contribution is 2.26. The van der Waals surface area contributed by atoms with E-state index in [0.717, 1.165) is 11.1 Å². The lowest BCUT2D eigenvalue weighted by Gasteiger charge is -2.06. The van der Waals surface area contributed by atoms with Crippen molar-refractivity contribution in [3.63, 3.8) is 0 Å². The van der Waals surface area contributed by atoms with Crippen molar-refractivity contribution in [1.29, 1.82) is 0 Å². The summed E-state index contributed by atoms with van der Waals surface area (Å²) < 4.78 is 6.53. The highest BCUT2D eigenvalue weighted by Gasteiger charge is 2.13. The van der Waals surface area contributed by atoms with E-state index in [4.69, 9.17) is 4.42 Å². The van der Waals surface area contributed by atoms with Gasteiger partial charge in [-0.1, -0.05) is 42.0 Å². The summed E-state index contributed by atoms with van der Waals surface area (Å²) in [7, 11) is 0. The Morgan fingerprint density at radius 2 is 1.79 bits per heavy atom. The summed E-state index contributed by atoms with van der Waals surface area (Å²) >= 11 is 2.06. The predicted octanol–water partition coefficient (Wildman–Crippen LogP) is 4.37. The highest BCUT2D eigenvalue weighted by molar-refractivity contribution is 14.1. The topological polar surface area (TPSA) is 30.2 Å². The van der Waals surface area contributed by atoms with Gasteiger partial charge in [-0.15, -0.1) is 0 Å². The molecule has 0 amide bonds. The van der Waals surface area contributed by atoms with Crippen LogP contribution in [0, 0.1) is 10.5 Å². The molecule has 0 unspecified atom stereocenters. The first-order valence-electron chi connectivity index (χ1n) is 5.95. The van der Waals surface area contributed by atoms with Gasteiger partial charge in [0.05, 0.1) is 5.39 Å². The van der Waals surface area contributed by atoms with E-state index in [-0.39, 0.29) is 5.43 Å². The number of aryl methyl sites for hydroxylation is 1. The second-order valence-corrected chi connectivity index (χ2v) is 5.52. The summed E-state index contributed by atoms with van der Waals surface area (Å²) in [5, 5.41) is 0.643. The Labute approximate surface area is 124 Å². The van der Waals surface area contributed by atoms with Gasteiger partial charge >= 0.3 is 0 Å². The van der Waals surface area contributed by atoms with Crippen molar-refractivity contribution in [2.24, 2.45) is 0 Å². The molecule has 2 aromatic carbocycles. The average Bonchev–Trinajstić information content (AvgIpc) is 2.44. The molecule has 0 saturated carbocycles. The number of hydrogen-bond donors (Lipinski definition) is 0. The van der Waals surface area contributed by atoms with Gasteiger partial charge < -0.3 is 4.42 Å². The molecular weight excluding hydrogens is 351 g/mol. The Bertz CT molecular complexity index is 804. The molecule has 1 heterocycles. The standard InChI is InChI=1S/C16H11IO2/c1-10-7-8-13-12(9-10)15(18)14(17)16(19-13)11-5-3-2-4-6-11/h2-9H,1H3. The van der Waals surface area contributed by atoms with E-state index < -0.39 is 0 Å². The summed E-state index contributed by atoms with van der Waals surface area (Å²) in [6, 6.07) is 15.4. The fraction of sp³-hybridized carbons (Fsp3) is 0.0625. The number of benzene rings is 2. The summed E-state index contributed by atoms with van der Waals surface area (Å²) in [4.78, 5) is 12.4. The van der Waals surface area contributed by atoms with Crippen molar-refractivity contribution in [3.05, 3.63) is 67.9 Å². The van der Waals surface area contributed by atoms with E-state index in [1.165, 1.54) is 0 Å². The number of fused-ring (bicyclic) bond motifs is 1. The third-order valence-corrected chi connectivity index (χ3v) is 4.01. The molecule has 2 nitrogen and oxygen atoms in total. The smallest absolute Gasteiger partial charge is 0.206 e. The summed E-state index contributed by atoms with van der Waals surface area (Å²) in [6.45, 7) is 1.97. The third-order valence-electron chi connectivity index (χ3n) is 3.03. The second kappa shape index (κ2) is 4.81. The third kappa shape index (κ3) is 2.18. The van der Waals surface area contributed by atoms with Crippen molar-refractivity contribution in [3.8, 4) is 11.3 Å². The molecule has 94 valence electrons. The Morgan fingerprint density at radius 1 is 1.05 bits per heavy atom. The largest absolute Gasteiger partial charge is 0.455 e. The van der Waals surface area contributed by atoms with E-state index in [1.807, 2.05) is 55.5 Å².